The quantitative estimate of drug-likeness (QED) is 0.805. The summed E-state index contributed by atoms with van der Waals surface area (Å²) >= 11 is 1.53. The molecule has 1 aromatic heterocycles. The predicted molar refractivity (Wildman–Crippen MR) is 84.2 cm³/mol. The standard InChI is InChI=1S/C15H20N4OS/c1-10(2)11(3)18-14(20)13-7-5-4-6-12(13)8-21-15-16-9-17-19-15/h4-7,9-11H,8H2,1-3H3,(H,18,20)(H,16,17,19). The third kappa shape index (κ3) is 4.32. The summed E-state index contributed by atoms with van der Waals surface area (Å²) in [5.74, 6) is 1.06. The Balaban J connectivity index is 2.07. The number of aromatic amines is 1. The Morgan fingerprint density at radius 3 is 2.76 bits per heavy atom. The average molecular weight is 304 g/mol. The topological polar surface area (TPSA) is 70.7 Å². The summed E-state index contributed by atoms with van der Waals surface area (Å²) < 4.78 is 0. The molecule has 1 atom stereocenters. The van der Waals surface area contributed by atoms with Crippen LogP contribution < -0.4 is 5.32 Å². The number of nitrogens with zero attached hydrogens (tertiary/aromatic N) is 2. The molecule has 0 aliphatic rings. The monoisotopic (exact) mass is 304 g/mol. The van der Waals surface area contributed by atoms with Gasteiger partial charge in [0.1, 0.15) is 6.33 Å². The molecule has 2 rings (SSSR count). The summed E-state index contributed by atoms with van der Waals surface area (Å²) in [6.07, 6.45) is 1.48. The van der Waals surface area contributed by atoms with E-state index in [-0.39, 0.29) is 11.9 Å². The van der Waals surface area contributed by atoms with Crippen LogP contribution in [0.1, 0.15) is 36.7 Å². The molecular weight excluding hydrogens is 284 g/mol. The van der Waals surface area contributed by atoms with Crippen molar-refractivity contribution in [1.82, 2.24) is 20.5 Å². The number of benzene rings is 1. The van der Waals surface area contributed by atoms with E-state index in [0.717, 1.165) is 16.3 Å². The minimum absolute atomic E-state index is 0.0232. The molecular formula is C15H20N4OS. The Labute approximate surface area is 128 Å². The number of rotatable bonds is 6. The van der Waals surface area contributed by atoms with Gasteiger partial charge in [0.2, 0.25) is 0 Å². The van der Waals surface area contributed by atoms with E-state index in [2.05, 4.69) is 34.3 Å². The molecule has 0 saturated carbocycles. The molecule has 0 saturated heterocycles. The van der Waals surface area contributed by atoms with Gasteiger partial charge in [-0.15, -0.1) is 0 Å². The summed E-state index contributed by atoms with van der Waals surface area (Å²) in [4.78, 5) is 16.5. The zero-order valence-electron chi connectivity index (χ0n) is 12.5. The Kier molecular flexibility index (Phi) is 5.38. The van der Waals surface area contributed by atoms with Crippen molar-refractivity contribution in [3.63, 3.8) is 0 Å². The normalized spacial score (nSPS) is 12.4. The van der Waals surface area contributed by atoms with Crippen molar-refractivity contribution >= 4 is 17.7 Å². The fourth-order valence-corrected chi connectivity index (χ4v) is 2.51. The molecule has 1 amide bonds. The largest absolute Gasteiger partial charge is 0.349 e. The zero-order valence-corrected chi connectivity index (χ0v) is 13.3. The molecule has 5 nitrogen and oxygen atoms in total. The van der Waals surface area contributed by atoms with E-state index in [1.165, 1.54) is 18.1 Å². The van der Waals surface area contributed by atoms with Crippen molar-refractivity contribution in [2.45, 2.75) is 37.7 Å². The van der Waals surface area contributed by atoms with Gasteiger partial charge in [-0.05, 0) is 24.5 Å². The smallest absolute Gasteiger partial charge is 0.251 e. The highest BCUT2D eigenvalue weighted by molar-refractivity contribution is 7.98. The van der Waals surface area contributed by atoms with Gasteiger partial charge in [0.25, 0.3) is 5.91 Å². The van der Waals surface area contributed by atoms with E-state index in [0.29, 0.717) is 11.7 Å². The van der Waals surface area contributed by atoms with Crippen molar-refractivity contribution in [3.8, 4) is 0 Å². The highest BCUT2D eigenvalue weighted by atomic mass is 32.2. The van der Waals surface area contributed by atoms with Crippen LogP contribution in [0.3, 0.4) is 0 Å². The lowest BCUT2D eigenvalue weighted by Crippen LogP contribution is -2.36. The van der Waals surface area contributed by atoms with Gasteiger partial charge < -0.3 is 5.32 Å². The number of amides is 1. The predicted octanol–water partition coefficient (Wildman–Crippen LogP) is 2.87. The van der Waals surface area contributed by atoms with Crippen LogP contribution in [0.2, 0.25) is 0 Å². The van der Waals surface area contributed by atoms with Crippen molar-refractivity contribution in [3.05, 3.63) is 41.7 Å². The van der Waals surface area contributed by atoms with Crippen molar-refractivity contribution in [2.75, 3.05) is 0 Å². The maximum Gasteiger partial charge on any atom is 0.251 e. The second kappa shape index (κ2) is 7.26. The van der Waals surface area contributed by atoms with Crippen LogP contribution in [0.15, 0.2) is 35.7 Å². The van der Waals surface area contributed by atoms with Crippen LogP contribution in [0.5, 0.6) is 0 Å². The van der Waals surface area contributed by atoms with Crippen LogP contribution in [0, 0.1) is 5.92 Å². The molecule has 21 heavy (non-hydrogen) atoms. The van der Waals surface area contributed by atoms with Gasteiger partial charge in [-0.25, -0.2) is 4.98 Å². The first-order valence-corrected chi connectivity index (χ1v) is 7.93. The number of hydrogen-bond acceptors (Lipinski definition) is 4. The molecule has 2 N–H and O–H groups in total. The van der Waals surface area contributed by atoms with Gasteiger partial charge in [0.15, 0.2) is 5.16 Å². The molecule has 112 valence electrons. The molecule has 0 aliphatic heterocycles. The lowest BCUT2D eigenvalue weighted by molar-refractivity contribution is 0.0930. The molecule has 1 unspecified atom stereocenters. The second-order valence-electron chi connectivity index (χ2n) is 5.24. The summed E-state index contributed by atoms with van der Waals surface area (Å²) in [6, 6.07) is 7.81. The van der Waals surface area contributed by atoms with E-state index in [4.69, 9.17) is 0 Å². The number of nitrogens with one attached hydrogen (secondary N) is 2. The highest BCUT2D eigenvalue weighted by Crippen LogP contribution is 2.21. The van der Waals surface area contributed by atoms with Gasteiger partial charge in [-0.1, -0.05) is 43.8 Å². The summed E-state index contributed by atoms with van der Waals surface area (Å²) in [7, 11) is 0. The lowest BCUT2D eigenvalue weighted by Gasteiger charge is -2.18. The Bertz CT molecular complexity index is 583. The van der Waals surface area contributed by atoms with E-state index in [1.807, 2.05) is 31.2 Å². The van der Waals surface area contributed by atoms with E-state index in [1.54, 1.807) is 0 Å². The molecule has 1 heterocycles. The van der Waals surface area contributed by atoms with Crippen molar-refractivity contribution in [1.29, 1.82) is 0 Å². The van der Waals surface area contributed by atoms with Crippen LogP contribution in [-0.2, 0) is 5.75 Å². The fraction of sp³-hybridized carbons (Fsp3) is 0.400. The summed E-state index contributed by atoms with van der Waals surface area (Å²) in [6.45, 7) is 6.21. The highest BCUT2D eigenvalue weighted by Gasteiger charge is 2.15. The van der Waals surface area contributed by atoms with Crippen LogP contribution >= 0.6 is 11.8 Å². The Morgan fingerprint density at radius 2 is 2.10 bits per heavy atom. The minimum Gasteiger partial charge on any atom is -0.349 e. The average Bonchev–Trinajstić information content (AvgIpc) is 2.98. The van der Waals surface area contributed by atoms with E-state index in [9.17, 15) is 4.79 Å². The number of carbonyl (C=O) groups is 1. The molecule has 0 spiro atoms. The number of carbonyl (C=O) groups excluding carboxylic acids is 1. The second-order valence-corrected chi connectivity index (χ2v) is 6.21. The number of thioether (sulfide) groups is 1. The number of H-pyrrole nitrogens is 1. The summed E-state index contributed by atoms with van der Waals surface area (Å²) in [5, 5.41) is 10.4. The van der Waals surface area contributed by atoms with Crippen LogP contribution in [-0.4, -0.2) is 27.1 Å². The van der Waals surface area contributed by atoms with Crippen LogP contribution in [0.4, 0.5) is 0 Å². The van der Waals surface area contributed by atoms with Crippen molar-refractivity contribution in [2.24, 2.45) is 5.92 Å². The SMILES string of the molecule is CC(C)C(C)NC(=O)c1ccccc1CSc1ncn[nH]1. The molecule has 0 radical (unpaired) electrons. The summed E-state index contributed by atoms with van der Waals surface area (Å²) in [5.41, 5.74) is 1.71. The molecule has 6 heteroatoms. The number of aromatic nitrogens is 3. The Morgan fingerprint density at radius 1 is 1.33 bits per heavy atom. The Hall–Kier alpha value is -1.82. The van der Waals surface area contributed by atoms with Gasteiger partial charge in [-0.3, -0.25) is 9.89 Å². The lowest BCUT2D eigenvalue weighted by atomic mass is 10.0. The molecule has 1 aromatic carbocycles. The molecule has 0 fully saturated rings. The van der Waals surface area contributed by atoms with E-state index >= 15 is 0 Å². The molecule has 0 aliphatic carbocycles. The van der Waals surface area contributed by atoms with Crippen LogP contribution in [0.25, 0.3) is 0 Å². The minimum atomic E-state index is -0.0232. The third-order valence-corrected chi connectivity index (χ3v) is 4.30. The first-order valence-electron chi connectivity index (χ1n) is 6.95. The fourth-order valence-electron chi connectivity index (χ4n) is 1.73. The van der Waals surface area contributed by atoms with Gasteiger partial charge in [-0.2, -0.15) is 5.10 Å². The maximum absolute atomic E-state index is 12.4. The zero-order chi connectivity index (χ0) is 15.2. The van der Waals surface area contributed by atoms with Crippen molar-refractivity contribution < 1.29 is 4.79 Å². The first kappa shape index (κ1) is 15.6. The molecule has 0 bridgehead atoms. The first-order chi connectivity index (χ1) is 10.1. The van der Waals surface area contributed by atoms with Gasteiger partial charge in [0.05, 0.1) is 0 Å². The molecule has 2 aromatic rings. The van der Waals surface area contributed by atoms with Gasteiger partial charge in [0, 0.05) is 17.4 Å². The maximum atomic E-state index is 12.4. The van der Waals surface area contributed by atoms with Gasteiger partial charge >= 0.3 is 0 Å². The third-order valence-electron chi connectivity index (χ3n) is 3.38. The van der Waals surface area contributed by atoms with E-state index < -0.39 is 0 Å². The number of hydrogen-bond donors (Lipinski definition) is 2.